The number of nitrogens with zero attached hydrogens (tertiary/aromatic N) is 2. The normalized spacial score (nSPS) is 16.8. The minimum Gasteiger partial charge on any atom is -0.379 e. The summed E-state index contributed by atoms with van der Waals surface area (Å²) in [6.07, 6.45) is 0. The van der Waals surface area contributed by atoms with Gasteiger partial charge in [-0.1, -0.05) is 12.1 Å². The fraction of sp³-hybridized carbons (Fsp3) is 0.588. The number of ether oxygens (including phenoxy) is 1. The highest BCUT2D eigenvalue weighted by Gasteiger charge is 2.16. The summed E-state index contributed by atoms with van der Waals surface area (Å²) in [4.78, 5) is 16.2. The van der Waals surface area contributed by atoms with Crippen molar-refractivity contribution in [3.63, 3.8) is 0 Å². The van der Waals surface area contributed by atoms with Gasteiger partial charge in [-0.2, -0.15) is 0 Å². The average Bonchev–Trinajstić information content (AvgIpc) is 2.56. The summed E-state index contributed by atoms with van der Waals surface area (Å²) >= 11 is 0. The number of halogens is 1. The maximum Gasteiger partial charge on any atom is 0.314 e. The number of likely N-dealkylation sites (N-methyl/N-ethyl adjacent to an activating group) is 1. The molecule has 1 unspecified atom stereocenters. The van der Waals surface area contributed by atoms with Crippen LogP contribution in [0.5, 0.6) is 0 Å². The molecule has 7 heteroatoms. The highest BCUT2D eigenvalue weighted by atomic mass is 19.1. The Balaban J connectivity index is 1.73. The molecule has 1 aromatic rings. The lowest BCUT2D eigenvalue weighted by Gasteiger charge is -2.27. The van der Waals surface area contributed by atoms with E-state index in [4.69, 9.17) is 4.74 Å². The second kappa shape index (κ2) is 9.56. The van der Waals surface area contributed by atoms with Crippen molar-refractivity contribution in [2.45, 2.75) is 6.04 Å². The molecule has 0 bridgehead atoms. The monoisotopic (exact) mass is 338 g/mol. The van der Waals surface area contributed by atoms with Gasteiger partial charge in [-0.25, -0.2) is 9.18 Å². The zero-order chi connectivity index (χ0) is 17.4. The standard InChI is InChI=1S/C17H27FN4O2/c1-21(2)16(14-4-3-5-15(18)12-14)13-20-17(23)19-6-7-22-8-10-24-11-9-22/h3-5,12,16H,6-11,13H2,1-2H3,(H2,19,20,23). The summed E-state index contributed by atoms with van der Waals surface area (Å²) in [6, 6.07) is 6.19. The molecule has 1 aliphatic rings. The van der Waals surface area contributed by atoms with Gasteiger partial charge in [0.15, 0.2) is 0 Å². The number of urea groups is 1. The number of nitrogens with one attached hydrogen (secondary N) is 2. The Hall–Kier alpha value is -1.70. The van der Waals surface area contributed by atoms with Crippen LogP contribution < -0.4 is 10.6 Å². The molecule has 1 fully saturated rings. The molecule has 0 aromatic heterocycles. The number of amides is 2. The van der Waals surface area contributed by atoms with Crippen LogP contribution in [-0.2, 0) is 4.74 Å². The second-order valence-corrected chi connectivity index (χ2v) is 6.13. The minimum absolute atomic E-state index is 0.0781. The van der Waals surface area contributed by atoms with E-state index in [1.54, 1.807) is 6.07 Å². The molecule has 1 aromatic carbocycles. The molecular weight excluding hydrogens is 311 g/mol. The van der Waals surface area contributed by atoms with E-state index in [2.05, 4.69) is 15.5 Å². The molecule has 0 radical (unpaired) electrons. The first-order valence-corrected chi connectivity index (χ1v) is 8.30. The van der Waals surface area contributed by atoms with Crippen LogP contribution >= 0.6 is 0 Å². The molecule has 0 spiro atoms. The van der Waals surface area contributed by atoms with Crippen molar-refractivity contribution >= 4 is 6.03 Å². The lowest BCUT2D eigenvalue weighted by Crippen LogP contribution is -2.45. The van der Waals surface area contributed by atoms with E-state index in [9.17, 15) is 9.18 Å². The second-order valence-electron chi connectivity index (χ2n) is 6.13. The van der Waals surface area contributed by atoms with Gasteiger partial charge in [0.2, 0.25) is 0 Å². The topological polar surface area (TPSA) is 56.8 Å². The van der Waals surface area contributed by atoms with Gasteiger partial charge in [0.1, 0.15) is 5.82 Å². The quantitative estimate of drug-likeness (QED) is 0.781. The smallest absolute Gasteiger partial charge is 0.314 e. The zero-order valence-corrected chi connectivity index (χ0v) is 14.4. The first-order valence-electron chi connectivity index (χ1n) is 8.30. The number of benzene rings is 1. The fourth-order valence-corrected chi connectivity index (χ4v) is 2.72. The number of rotatable bonds is 7. The Labute approximate surface area is 142 Å². The molecular formula is C17H27FN4O2. The van der Waals surface area contributed by atoms with Crippen molar-refractivity contribution < 1.29 is 13.9 Å². The van der Waals surface area contributed by atoms with Crippen LogP contribution in [0.1, 0.15) is 11.6 Å². The molecule has 1 saturated heterocycles. The summed E-state index contributed by atoms with van der Waals surface area (Å²) in [5.74, 6) is -0.269. The molecule has 0 aliphatic carbocycles. The molecule has 0 saturated carbocycles. The Morgan fingerprint density at radius 2 is 2.08 bits per heavy atom. The van der Waals surface area contributed by atoms with Crippen LogP contribution in [0.4, 0.5) is 9.18 Å². The molecule has 1 atom stereocenters. The SMILES string of the molecule is CN(C)C(CNC(=O)NCCN1CCOCC1)c1cccc(F)c1. The number of carbonyl (C=O) groups is 1. The summed E-state index contributed by atoms with van der Waals surface area (Å²) in [6.45, 7) is 5.15. The van der Waals surface area contributed by atoms with Gasteiger partial charge in [0, 0.05) is 32.7 Å². The van der Waals surface area contributed by atoms with Gasteiger partial charge < -0.3 is 20.3 Å². The van der Waals surface area contributed by atoms with Gasteiger partial charge >= 0.3 is 6.03 Å². The van der Waals surface area contributed by atoms with Gasteiger partial charge in [0.05, 0.1) is 19.3 Å². The highest BCUT2D eigenvalue weighted by molar-refractivity contribution is 5.73. The summed E-state index contributed by atoms with van der Waals surface area (Å²) in [7, 11) is 3.82. The minimum atomic E-state index is -0.269. The molecule has 1 aliphatic heterocycles. The van der Waals surface area contributed by atoms with Crippen LogP contribution in [0.2, 0.25) is 0 Å². The molecule has 2 N–H and O–H groups in total. The van der Waals surface area contributed by atoms with E-state index in [-0.39, 0.29) is 17.9 Å². The zero-order valence-electron chi connectivity index (χ0n) is 14.4. The van der Waals surface area contributed by atoms with Gasteiger partial charge in [0.25, 0.3) is 0 Å². The summed E-state index contributed by atoms with van der Waals surface area (Å²) in [5.41, 5.74) is 0.841. The van der Waals surface area contributed by atoms with E-state index in [0.29, 0.717) is 13.1 Å². The maximum atomic E-state index is 13.4. The van der Waals surface area contributed by atoms with Crippen LogP contribution in [0.3, 0.4) is 0 Å². The lowest BCUT2D eigenvalue weighted by atomic mass is 10.1. The maximum absolute atomic E-state index is 13.4. The predicted molar refractivity (Wildman–Crippen MR) is 91.5 cm³/mol. The summed E-state index contributed by atoms with van der Waals surface area (Å²) in [5, 5.41) is 5.72. The van der Waals surface area contributed by atoms with Crippen molar-refractivity contribution in [3.05, 3.63) is 35.6 Å². The predicted octanol–water partition coefficient (Wildman–Crippen LogP) is 1.06. The third kappa shape index (κ3) is 6.07. The van der Waals surface area contributed by atoms with E-state index in [1.807, 2.05) is 25.1 Å². The number of hydrogen-bond acceptors (Lipinski definition) is 4. The first-order chi connectivity index (χ1) is 11.6. The lowest BCUT2D eigenvalue weighted by molar-refractivity contribution is 0.0387. The largest absolute Gasteiger partial charge is 0.379 e. The van der Waals surface area contributed by atoms with Crippen molar-refractivity contribution in [2.24, 2.45) is 0 Å². The van der Waals surface area contributed by atoms with Gasteiger partial charge in [-0.3, -0.25) is 4.90 Å². The number of carbonyl (C=O) groups excluding carboxylic acids is 1. The molecule has 6 nitrogen and oxygen atoms in total. The van der Waals surface area contributed by atoms with Crippen molar-refractivity contribution in [2.75, 3.05) is 60.0 Å². The van der Waals surface area contributed by atoms with Crippen LogP contribution in [-0.4, -0.2) is 75.9 Å². The number of hydrogen-bond donors (Lipinski definition) is 2. The van der Waals surface area contributed by atoms with E-state index in [0.717, 1.165) is 38.4 Å². The third-order valence-electron chi connectivity index (χ3n) is 4.13. The highest BCUT2D eigenvalue weighted by Crippen LogP contribution is 2.18. The van der Waals surface area contributed by atoms with Crippen LogP contribution in [0, 0.1) is 5.82 Å². The molecule has 1 heterocycles. The van der Waals surface area contributed by atoms with Crippen LogP contribution in [0.25, 0.3) is 0 Å². The Morgan fingerprint density at radius 3 is 2.75 bits per heavy atom. The Kier molecular flexibility index (Phi) is 7.42. The van der Waals surface area contributed by atoms with Gasteiger partial charge in [-0.15, -0.1) is 0 Å². The Bertz CT molecular complexity index is 521. The van der Waals surface area contributed by atoms with E-state index in [1.165, 1.54) is 12.1 Å². The first kappa shape index (κ1) is 18.6. The van der Waals surface area contributed by atoms with Crippen molar-refractivity contribution in [3.8, 4) is 0 Å². The molecule has 134 valence electrons. The average molecular weight is 338 g/mol. The molecule has 24 heavy (non-hydrogen) atoms. The summed E-state index contributed by atoms with van der Waals surface area (Å²) < 4.78 is 18.7. The number of morpholine rings is 1. The van der Waals surface area contributed by atoms with E-state index >= 15 is 0 Å². The van der Waals surface area contributed by atoms with Crippen LogP contribution in [0.15, 0.2) is 24.3 Å². The van der Waals surface area contributed by atoms with Crippen molar-refractivity contribution in [1.82, 2.24) is 20.4 Å². The van der Waals surface area contributed by atoms with E-state index < -0.39 is 0 Å². The Morgan fingerprint density at radius 1 is 1.33 bits per heavy atom. The molecule has 2 rings (SSSR count). The third-order valence-corrected chi connectivity index (χ3v) is 4.13. The fourth-order valence-electron chi connectivity index (χ4n) is 2.72. The molecule has 2 amide bonds. The van der Waals surface area contributed by atoms with Crippen molar-refractivity contribution in [1.29, 1.82) is 0 Å². The van der Waals surface area contributed by atoms with Gasteiger partial charge in [-0.05, 0) is 31.8 Å².